The Kier molecular flexibility index (Phi) is 4.85. The Hall–Kier alpha value is -2.34. The summed E-state index contributed by atoms with van der Waals surface area (Å²) in [5.41, 5.74) is 2.37. The molecule has 6 heteroatoms. The third kappa shape index (κ3) is 3.28. The largest absolute Gasteiger partial charge is 0.383 e. The first kappa shape index (κ1) is 16.5. The molecule has 128 valence electrons. The van der Waals surface area contributed by atoms with Gasteiger partial charge in [-0.3, -0.25) is 9.48 Å². The zero-order chi connectivity index (χ0) is 17.1. The van der Waals surface area contributed by atoms with E-state index in [0.717, 1.165) is 11.4 Å². The summed E-state index contributed by atoms with van der Waals surface area (Å²) < 4.78 is 6.80. The number of para-hydroxylation sites is 2. The quantitative estimate of drug-likeness (QED) is 0.916. The van der Waals surface area contributed by atoms with Crippen molar-refractivity contribution in [3.8, 4) is 0 Å². The number of nitrogens with one attached hydrogen (secondary N) is 1. The summed E-state index contributed by atoms with van der Waals surface area (Å²) >= 11 is 0. The molecule has 1 aliphatic heterocycles. The number of ether oxygens (including phenoxy) is 1. The summed E-state index contributed by atoms with van der Waals surface area (Å²) in [6.45, 7) is 6.16. The van der Waals surface area contributed by atoms with Crippen LogP contribution in [0.25, 0.3) is 0 Å². The molecule has 0 fully saturated rings. The molecule has 6 nitrogen and oxygen atoms in total. The van der Waals surface area contributed by atoms with Gasteiger partial charge in [0.05, 0.1) is 24.5 Å². The van der Waals surface area contributed by atoms with Crippen molar-refractivity contribution >= 4 is 17.3 Å². The van der Waals surface area contributed by atoms with Gasteiger partial charge in [0, 0.05) is 25.9 Å². The van der Waals surface area contributed by atoms with Crippen molar-refractivity contribution in [1.82, 2.24) is 9.78 Å². The van der Waals surface area contributed by atoms with E-state index in [1.54, 1.807) is 17.9 Å². The average Bonchev–Trinajstić information content (AvgIpc) is 3.07. The smallest absolute Gasteiger partial charge is 0.278 e. The van der Waals surface area contributed by atoms with Gasteiger partial charge in [-0.2, -0.15) is 5.10 Å². The van der Waals surface area contributed by atoms with Crippen LogP contribution in [0.15, 0.2) is 36.5 Å². The highest BCUT2D eigenvalue weighted by atomic mass is 16.5. The van der Waals surface area contributed by atoms with Crippen molar-refractivity contribution in [3.63, 3.8) is 0 Å². The van der Waals surface area contributed by atoms with Crippen molar-refractivity contribution < 1.29 is 9.53 Å². The number of methoxy groups -OCH3 is 1. The minimum Gasteiger partial charge on any atom is -0.383 e. The van der Waals surface area contributed by atoms with Crippen molar-refractivity contribution in [2.24, 2.45) is 5.92 Å². The molecule has 24 heavy (non-hydrogen) atoms. The standard InChI is InChI=1S/C18H24N4O2/c1-13(2)16-12-22(17-7-5-4-6-14(17)19-16)18(23)15-8-9-21(20-15)10-11-24-3/h4-9,13,16,19H,10-12H2,1-3H3. The zero-order valence-corrected chi connectivity index (χ0v) is 14.4. The maximum Gasteiger partial charge on any atom is 0.278 e. The molecular formula is C18H24N4O2. The van der Waals surface area contributed by atoms with Gasteiger partial charge in [0.1, 0.15) is 0 Å². The van der Waals surface area contributed by atoms with Gasteiger partial charge >= 0.3 is 0 Å². The van der Waals surface area contributed by atoms with E-state index in [1.165, 1.54) is 0 Å². The van der Waals surface area contributed by atoms with Gasteiger partial charge in [0.2, 0.25) is 0 Å². The molecule has 0 aliphatic carbocycles. The fourth-order valence-corrected chi connectivity index (χ4v) is 2.86. The van der Waals surface area contributed by atoms with E-state index in [4.69, 9.17) is 4.74 Å². The number of fused-ring (bicyclic) bond motifs is 1. The monoisotopic (exact) mass is 328 g/mol. The van der Waals surface area contributed by atoms with E-state index >= 15 is 0 Å². The number of anilines is 2. The topological polar surface area (TPSA) is 59.4 Å². The molecule has 0 spiro atoms. The molecule has 1 aromatic carbocycles. The van der Waals surface area contributed by atoms with Gasteiger partial charge < -0.3 is 15.0 Å². The molecule has 1 amide bonds. The maximum atomic E-state index is 13.0. The van der Waals surface area contributed by atoms with Gasteiger partial charge in [-0.15, -0.1) is 0 Å². The molecular weight excluding hydrogens is 304 g/mol. The van der Waals surface area contributed by atoms with Gasteiger partial charge in [-0.05, 0) is 24.1 Å². The Morgan fingerprint density at radius 3 is 2.92 bits per heavy atom. The number of hydrogen-bond acceptors (Lipinski definition) is 4. The lowest BCUT2D eigenvalue weighted by atomic mass is 9.99. The van der Waals surface area contributed by atoms with Crippen LogP contribution in [0.2, 0.25) is 0 Å². The van der Waals surface area contributed by atoms with Gasteiger partial charge in [-0.25, -0.2) is 0 Å². The van der Waals surface area contributed by atoms with Crippen LogP contribution in [-0.4, -0.2) is 42.0 Å². The minimum absolute atomic E-state index is 0.0641. The van der Waals surface area contributed by atoms with Gasteiger partial charge in [0.15, 0.2) is 5.69 Å². The highest BCUT2D eigenvalue weighted by molar-refractivity contribution is 6.07. The fraction of sp³-hybridized carbons (Fsp3) is 0.444. The summed E-state index contributed by atoms with van der Waals surface area (Å²) in [7, 11) is 1.65. The number of carbonyl (C=O) groups is 1. The first-order valence-electron chi connectivity index (χ1n) is 8.30. The number of carbonyl (C=O) groups excluding carboxylic acids is 1. The van der Waals surface area contributed by atoms with Crippen molar-refractivity contribution in [2.75, 3.05) is 30.5 Å². The predicted octanol–water partition coefficient (Wildman–Crippen LogP) is 2.63. The van der Waals surface area contributed by atoms with Crippen LogP contribution in [0.5, 0.6) is 0 Å². The maximum absolute atomic E-state index is 13.0. The third-order valence-electron chi connectivity index (χ3n) is 4.35. The van der Waals surface area contributed by atoms with Crippen LogP contribution in [0.1, 0.15) is 24.3 Å². The van der Waals surface area contributed by atoms with E-state index in [9.17, 15) is 4.79 Å². The van der Waals surface area contributed by atoms with Crippen LogP contribution < -0.4 is 10.2 Å². The molecule has 1 aliphatic rings. The molecule has 1 N–H and O–H groups in total. The van der Waals surface area contributed by atoms with E-state index in [2.05, 4.69) is 24.3 Å². The average molecular weight is 328 g/mol. The van der Waals surface area contributed by atoms with Crippen molar-refractivity contribution in [2.45, 2.75) is 26.4 Å². The van der Waals surface area contributed by atoms with Crippen LogP contribution in [-0.2, 0) is 11.3 Å². The minimum atomic E-state index is -0.0641. The normalized spacial score (nSPS) is 16.8. The molecule has 1 unspecified atom stereocenters. The lowest BCUT2D eigenvalue weighted by Crippen LogP contribution is -2.47. The number of amides is 1. The first-order valence-corrected chi connectivity index (χ1v) is 8.30. The molecule has 0 saturated heterocycles. The lowest BCUT2D eigenvalue weighted by molar-refractivity contribution is 0.0977. The third-order valence-corrected chi connectivity index (χ3v) is 4.35. The van der Waals surface area contributed by atoms with Crippen LogP contribution >= 0.6 is 0 Å². The summed E-state index contributed by atoms with van der Waals surface area (Å²) in [6, 6.07) is 9.91. The molecule has 0 bridgehead atoms. The highest BCUT2D eigenvalue weighted by Crippen LogP contribution is 2.33. The SMILES string of the molecule is COCCn1ccc(C(=O)N2CC(C(C)C)Nc3ccccc32)n1. The van der Waals surface area contributed by atoms with Gasteiger partial charge in [-0.1, -0.05) is 26.0 Å². The molecule has 2 aromatic rings. The Balaban J connectivity index is 1.86. The number of hydrogen-bond donors (Lipinski definition) is 1. The van der Waals surface area contributed by atoms with Gasteiger partial charge in [0.25, 0.3) is 5.91 Å². The van der Waals surface area contributed by atoms with E-state index in [1.807, 2.05) is 35.4 Å². The second kappa shape index (κ2) is 7.05. The Morgan fingerprint density at radius 1 is 1.38 bits per heavy atom. The van der Waals surface area contributed by atoms with E-state index in [-0.39, 0.29) is 11.9 Å². The molecule has 1 aromatic heterocycles. The number of nitrogens with zero attached hydrogens (tertiary/aromatic N) is 3. The number of aromatic nitrogens is 2. The Labute approximate surface area is 142 Å². The van der Waals surface area contributed by atoms with Crippen LogP contribution in [0, 0.1) is 5.92 Å². The Bertz CT molecular complexity index is 711. The second-order valence-electron chi connectivity index (χ2n) is 6.38. The first-order chi connectivity index (χ1) is 11.6. The Morgan fingerprint density at radius 2 is 2.17 bits per heavy atom. The second-order valence-corrected chi connectivity index (χ2v) is 6.38. The number of rotatable bonds is 5. The van der Waals surface area contributed by atoms with Crippen LogP contribution in [0.4, 0.5) is 11.4 Å². The van der Waals surface area contributed by atoms with E-state index in [0.29, 0.717) is 31.3 Å². The molecule has 1 atom stereocenters. The van der Waals surface area contributed by atoms with E-state index < -0.39 is 0 Å². The predicted molar refractivity (Wildman–Crippen MR) is 94.5 cm³/mol. The summed E-state index contributed by atoms with van der Waals surface area (Å²) in [6.07, 6.45) is 1.82. The summed E-state index contributed by atoms with van der Waals surface area (Å²) in [5, 5.41) is 7.92. The number of benzene rings is 1. The van der Waals surface area contributed by atoms with Crippen molar-refractivity contribution in [1.29, 1.82) is 0 Å². The highest BCUT2D eigenvalue weighted by Gasteiger charge is 2.30. The molecule has 0 radical (unpaired) electrons. The zero-order valence-electron chi connectivity index (χ0n) is 14.4. The lowest BCUT2D eigenvalue weighted by Gasteiger charge is -2.37. The molecule has 3 rings (SSSR count). The molecule has 0 saturated carbocycles. The molecule has 2 heterocycles. The fourth-order valence-electron chi connectivity index (χ4n) is 2.86. The van der Waals surface area contributed by atoms with Crippen molar-refractivity contribution in [3.05, 3.63) is 42.2 Å². The summed E-state index contributed by atoms with van der Waals surface area (Å²) in [5.74, 6) is 0.360. The summed E-state index contributed by atoms with van der Waals surface area (Å²) in [4.78, 5) is 14.8. The van der Waals surface area contributed by atoms with Crippen LogP contribution in [0.3, 0.4) is 0 Å².